The standard InChI is InChI=1S/C17H16F3NO2/c1-10-6-3-4-7-12(10)13-8-5-9-14(16(21)22)15(13)23-11(2)17(18,19)20/h3-9,11H,1-2H3,(H2,21,22)/t11-/m0/s1. The molecule has 0 aliphatic rings. The third-order valence-electron chi connectivity index (χ3n) is 3.47. The van der Waals surface area contributed by atoms with Crippen LogP contribution in [0.15, 0.2) is 42.5 Å². The van der Waals surface area contributed by atoms with Crippen molar-refractivity contribution in [3.8, 4) is 16.9 Å². The smallest absolute Gasteiger partial charge is 0.425 e. The molecule has 3 nitrogen and oxygen atoms in total. The van der Waals surface area contributed by atoms with Gasteiger partial charge in [-0.2, -0.15) is 13.2 Å². The van der Waals surface area contributed by atoms with E-state index in [4.69, 9.17) is 10.5 Å². The van der Waals surface area contributed by atoms with Crippen molar-refractivity contribution in [1.29, 1.82) is 0 Å². The summed E-state index contributed by atoms with van der Waals surface area (Å²) in [7, 11) is 0. The molecule has 0 saturated carbocycles. The molecule has 0 unspecified atom stereocenters. The van der Waals surface area contributed by atoms with Crippen LogP contribution in [0, 0.1) is 6.92 Å². The van der Waals surface area contributed by atoms with Crippen molar-refractivity contribution in [2.45, 2.75) is 26.1 Å². The summed E-state index contributed by atoms with van der Waals surface area (Å²) in [6.07, 6.45) is -6.61. The van der Waals surface area contributed by atoms with E-state index >= 15 is 0 Å². The molecule has 23 heavy (non-hydrogen) atoms. The first-order valence-corrected chi connectivity index (χ1v) is 6.94. The minimum absolute atomic E-state index is 0.0816. The number of aryl methyl sites for hydroxylation is 1. The molecule has 0 aliphatic carbocycles. The van der Waals surface area contributed by atoms with Crippen LogP contribution in [0.2, 0.25) is 0 Å². The third-order valence-corrected chi connectivity index (χ3v) is 3.47. The summed E-state index contributed by atoms with van der Waals surface area (Å²) in [6.45, 7) is 2.71. The van der Waals surface area contributed by atoms with E-state index in [9.17, 15) is 18.0 Å². The van der Waals surface area contributed by atoms with Gasteiger partial charge in [-0.3, -0.25) is 4.79 Å². The van der Waals surface area contributed by atoms with Crippen LogP contribution in [0.25, 0.3) is 11.1 Å². The maximum Gasteiger partial charge on any atom is 0.425 e. The van der Waals surface area contributed by atoms with E-state index in [0.717, 1.165) is 12.5 Å². The number of ether oxygens (including phenoxy) is 1. The molecule has 2 aromatic carbocycles. The number of rotatable bonds is 4. The number of nitrogens with two attached hydrogens (primary N) is 1. The van der Waals surface area contributed by atoms with Crippen molar-refractivity contribution in [1.82, 2.24) is 0 Å². The van der Waals surface area contributed by atoms with Gasteiger partial charge in [0.05, 0.1) is 5.56 Å². The van der Waals surface area contributed by atoms with Crippen molar-refractivity contribution >= 4 is 5.91 Å². The first kappa shape index (κ1) is 16.9. The highest BCUT2D eigenvalue weighted by atomic mass is 19.4. The van der Waals surface area contributed by atoms with Crippen LogP contribution in [-0.2, 0) is 0 Å². The van der Waals surface area contributed by atoms with E-state index in [-0.39, 0.29) is 11.3 Å². The number of carbonyl (C=O) groups excluding carboxylic acids is 1. The Kier molecular flexibility index (Phi) is 4.63. The van der Waals surface area contributed by atoms with Gasteiger partial charge in [0.25, 0.3) is 5.91 Å². The molecule has 0 spiro atoms. The molecule has 0 radical (unpaired) electrons. The van der Waals surface area contributed by atoms with Crippen LogP contribution in [-0.4, -0.2) is 18.2 Å². The third kappa shape index (κ3) is 3.64. The zero-order chi connectivity index (χ0) is 17.2. The van der Waals surface area contributed by atoms with Crippen molar-refractivity contribution in [3.05, 3.63) is 53.6 Å². The van der Waals surface area contributed by atoms with Crippen LogP contribution in [0.4, 0.5) is 13.2 Å². The van der Waals surface area contributed by atoms with Crippen LogP contribution < -0.4 is 10.5 Å². The minimum atomic E-state index is -4.55. The Labute approximate surface area is 131 Å². The fourth-order valence-electron chi connectivity index (χ4n) is 2.19. The maximum atomic E-state index is 12.8. The van der Waals surface area contributed by atoms with E-state index < -0.39 is 18.2 Å². The van der Waals surface area contributed by atoms with E-state index in [1.165, 1.54) is 6.07 Å². The molecule has 2 rings (SSSR count). The normalized spacial score (nSPS) is 12.7. The number of hydrogen-bond donors (Lipinski definition) is 1. The molecule has 0 fully saturated rings. The summed E-state index contributed by atoms with van der Waals surface area (Å²) in [4.78, 5) is 11.6. The van der Waals surface area contributed by atoms with Gasteiger partial charge in [0.2, 0.25) is 0 Å². The summed E-state index contributed by atoms with van der Waals surface area (Å²) >= 11 is 0. The van der Waals surface area contributed by atoms with Crippen LogP contribution in [0.1, 0.15) is 22.8 Å². The number of carbonyl (C=O) groups is 1. The molecule has 1 amide bonds. The topological polar surface area (TPSA) is 52.3 Å². The largest absolute Gasteiger partial charge is 0.480 e. The Morgan fingerprint density at radius 1 is 1.09 bits per heavy atom. The SMILES string of the molecule is Cc1ccccc1-c1cccc(C(N)=O)c1O[C@@H](C)C(F)(F)F. The van der Waals surface area contributed by atoms with Crippen molar-refractivity contribution in [2.24, 2.45) is 5.73 Å². The fourth-order valence-corrected chi connectivity index (χ4v) is 2.19. The van der Waals surface area contributed by atoms with Gasteiger partial charge >= 0.3 is 6.18 Å². The first-order valence-electron chi connectivity index (χ1n) is 6.94. The van der Waals surface area contributed by atoms with E-state index in [1.807, 2.05) is 19.1 Å². The number of hydrogen-bond acceptors (Lipinski definition) is 2. The summed E-state index contributed by atoms with van der Waals surface area (Å²) in [6, 6.07) is 11.7. The monoisotopic (exact) mass is 323 g/mol. The molecular weight excluding hydrogens is 307 g/mol. The lowest BCUT2D eigenvalue weighted by molar-refractivity contribution is -0.189. The zero-order valence-electron chi connectivity index (χ0n) is 12.6. The number of amides is 1. The number of primary amides is 1. The summed E-state index contributed by atoms with van der Waals surface area (Å²) in [5, 5.41) is 0. The predicted octanol–water partition coefficient (Wildman–Crippen LogP) is 4.09. The molecule has 0 saturated heterocycles. The molecule has 0 bridgehead atoms. The number of benzene rings is 2. The zero-order valence-corrected chi connectivity index (χ0v) is 12.6. The Balaban J connectivity index is 2.62. The predicted molar refractivity (Wildman–Crippen MR) is 81.3 cm³/mol. The lowest BCUT2D eigenvalue weighted by atomic mass is 9.97. The molecular formula is C17H16F3NO2. The molecule has 6 heteroatoms. The molecule has 0 aromatic heterocycles. The van der Waals surface area contributed by atoms with Gasteiger partial charge in [0.15, 0.2) is 6.10 Å². The Hall–Kier alpha value is -2.50. The van der Waals surface area contributed by atoms with E-state index in [1.54, 1.807) is 24.3 Å². The summed E-state index contributed by atoms with van der Waals surface area (Å²) in [5.74, 6) is -0.996. The van der Waals surface area contributed by atoms with Crippen molar-refractivity contribution in [2.75, 3.05) is 0 Å². The number of para-hydroxylation sites is 1. The fraction of sp³-hybridized carbons (Fsp3) is 0.235. The van der Waals surface area contributed by atoms with Gasteiger partial charge in [-0.15, -0.1) is 0 Å². The van der Waals surface area contributed by atoms with Crippen LogP contribution in [0.3, 0.4) is 0 Å². The highest BCUT2D eigenvalue weighted by Gasteiger charge is 2.39. The lowest BCUT2D eigenvalue weighted by Gasteiger charge is -2.22. The maximum absolute atomic E-state index is 12.8. The molecule has 0 aliphatic heterocycles. The first-order chi connectivity index (χ1) is 10.7. The second-order valence-corrected chi connectivity index (χ2v) is 5.16. The molecule has 1 atom stereocenters. The lowest BCUT2D eigenvalue weighted by Crippen LogP contribution is -2.32. The van der Waals surface area contributed by atoms with E-state index in [0.29, 0.717) is 11.1 Å². The molecule has 2 aromatic rings. The second-order valence-electron chi connectivity index (χ2n) is 5.16. The highest BCUT2D eigenvalue weighted by molar-refractivity contribution is 5.98. The van der Waals surface area contributed by atoms with Gasteiger partial charge in [0, 0.05) is 5.56 Å². The van der Waals surface area contributed by atoms with Crippen LogP contribution >= 0.6 is 0 Å². The quantitative estimate of drug-likeness (QED) is 0.921. The Morgan fingerprint density at radius 2 is 1.70 bits per heavy atom. The van der Waals surface area contributed by atoms with Gasteiger partial charge in [-0.25, -0.2) is 0 Å². The Morgan fingerprint density at radius 3 is 2.26 bits per heavy atom. The second kappa shape index (κ2) is 6.32. The van der Waals surface area contributed by atoms with Gasteiger partial charge < -0.3 is 10.5 Å². The molecule has 2 N–H and O–H groups in total. The summed E-state index contributed by atoms with van der Waals surface area (Å²) < 4.78 is 43.6. The number of halogens is 3. The average molecular weight is 323 g/mol. The van der Waals surface area contributed by atoms with Gasteiger partial charge in [-0.05, 0) is 31.0 Å². The average Bonchev–Trinajstić information content (AvgIpc) is 2.47. The van der Waals surface area contributed by atoms with Gasteiger partial charge in [-0.1, -0.05) is 36.4 Å². The Bertz CT molecular complexity index is 726. The highest BCUT2D eigenvalue weighted by Crippen LogP contribution is 2.37. The van der Waals surface area contributed by atoms with Crippen molar-refractivity contribution in [3.63, 3.8) is 0 Å². The van der Waals surface area contributed by atoms with Crippen LogP contribution in [0.5, 0.6) is 5.75 Å². The van der Waals surface area contributed by atoms with Gasteiger partial charge in [0.1, 0.15) is 5.75 Å². The van der Waals surface area contributed by atoms with Crippen molar-refractivity contribution < 1.29 is 22.7 Å². The minimum Gasteiger partial charge on any atom is -0.480 e. The van der Waals surface area contributed by atoms with E-state index in [2.05, 4.69) is 0 Å². The summed E-state index contributed by atoms with van der Waals surface area (Å²) in [5.41, 5.74) is 7.13. The number of alkyl halides is 3. The molecule has 0 heterocycles. The molecule has 122 valence electrons.